The smallest absolute Gasteiger partial charge is 0.306 e. The van der Waals surface area contributed by atoms with Gasteiger partial charge in [-0.05, 0) is 30.7 Å². The number of aryl methyl sites for hydroxylation is 1. The van der Waals surface area contributed by atoms with Crippen LogP contribution in [0.1, 0.15) is 24.5 Å². The number of methoxy groups -OCH3 is 1. The summed E-state index contributed by atoms with van der Waals surface area (Å²) in [6.45, 7) is 3.90. The van der Waals surface area contributed by atoms with Gasteiger partial charge in [-0.15, -0.1) is 11.8 Å². The van der Waals surface area contributed by atoms with Gasteiger partial charge in [0.25, 0.3) is 0 Å². The van der Waals surface area contributed by atoms with Crippen molar-refractivity contribution in [2.45, 2.75) is 30.5 Å². The maximum atomic E-state index is 11.5. The Kier molecular flexibility index (Phi) is 4.45. The number of para-hydroxylation sites is 2. The lowest BCUT2D eigenvalue weighted by molar-refractivity contribution is -0.140. The summed E-state index contributed by atoms with van der Waals surface area (Å²) in [5.74, 6) is -0.230. The van der Waals surface area contributed by atoms with Crippen LogP contribution in [0.5, 0.6) is 0 Å². The lowest BCUT2D eigenvalue weighted by Crippen LogP contribution is -2.09. The molecule has 0 saturated carbocycles. The van der Waals surface area contributed by atoms with Crippen LogP contribution in [0.2, 0.25) is 0 Å². The molecule has 5 nitrogen and oxygen atoms in total. The number of thioether (sulfide) groups is 1. The number of carbonyl (C=O) groups excluding carboxylic acids is 1. The molecule has 0 saturated heterocycles. The van der Waals surface area contributed by atoms with E-state index in [0.29, 0.717) is 17.6 Å². The summed E-state index contributed by atoms with van der Waals surface area (Å²) in [4.78, 5) is 16.1. The summed E-state index contributed by atoms with van der Waals surface area (Å²) in [5, 5.41) is 10.5. The maximum Gasteiger partial charge on any atom is 0.306 e. The zero-order chi connectivity index (χ0) is 17.3. The third-order valence-corrected chi connectivity index (χ3v) is 4.97. The number of benzene rings is 1. The van der Waals surface area contributed by atoms with Crippen molar-refractivity contribution >= 4 is 34.4 Å². The zero-order valence-corrected chi connectivity index (χ0v) is 14.6. The van der Waals surface area contributed by atoms with Crippen molar-refractivity contribution in [2.24, 2.45) is 0 Å². The standard InChI is InChI=1S/C18H17N3O2S/c1-11-8-16(24-12(2)9-17(22)23-3)21-15-7-5-4-6-14(15)20-18(21)13(11)10-19/h4-8,12H,9H2,1-3H3. The minimum atomic E-state index is -0.230. The molecule has 0 aliphatic heterocycles. The molecule has 0 aliphatic rings. The SMILES string of the molecule is COC(=O)CC(C)Sc1cc(C)c(C#N)c2nc3ccccc3n12. The number of esters is 1. The van der Waals surface area contributed by atoms with E-state index in [0.717, 1.165) is 21.6 Å². The van der Waals surface area contributed by atoms with Gasteiger partial charge in [0.15, 0.2) is 5.65 Å². The van der Waals surface area contributed by atoms with Gasteiger partial charge in [-0.25, -0.2) is 4.98 Å². The van der Waals surface area contributed by atoms with Crippen LogP contribution in [-0.2, 0) is 9.53 Å². The minimum absolute atomic E-state index is 0.0501. The average Bonchev–Trinajstić information content (AvgIpc) is 2.94. The van der Waals surface area contributed by atoms with Crippen molar-refractivity contribution in [2.75, 3.05) is 7.11 Å². The Morgan fingerprint density at radius 3 is 2.92 bits per heavy atom. The van der Waals surface area contributed by atoms with E-state index in [1.807, 2.05) is 48.6 Å². The highest BCUT2D eigenvalue weighted by molar-refractivity contribution is 7.99. The van der Waals surface area contributed by atoms with E-state index in [-0.39, 0.29) is 11.2 Å². The van der Waals surface area contributed by atoms with Gasteiger partial charge in [0.2, 0.25) is 0 Å². The van der Waals surface area contributed by atoms with Crippen LogP contribution >= 0.6 is 11.8 Å². The third-order valence-electron chi connectivity index (χ3n) is 3.85. The van der Waals surface area contributed by atoms with Gasteiger partial charge in [0.1, 0.15) is 6.07 Å². The number of pyridine rings is 1. The van der Waals surface area contributed by atoms with Gasteiger partial charge in [-0.3, -0.25) is 9.20 Å². The molecule has 1 unspecified atom stereocenters. The summed E-state index contributed by atoms with van der Waals surface area (Å²) in [6.07, 6.45) is 0.328. The van der Waals surface area contributed by atoms with Gasteiger partial charge in [0, 0.05) is 5.25 Å². The molecule has 0 bridgehead atoms. The van der Waals surface area contributed by atoms with E-state index >= 15 is 0 Å². The van der Waals surface area contributed by atoms with Crippen LogP contribution in [0.25, 0.3) is 16.7 Å². The molecule has 2 heterocycles. The Hall–Kier alpha value is -2.52. The Labute approximate surface area is 144 Å². The van der Waals surface area contributed by atoms with Gasteiger partial charge < -0.3 is 4.74 Å². The first-order valence-electron chi connectivity index (χ1n) is 7.59. The number of nitrogens with zero attached hydrogens (tertiary/aromatic N) is 3. The molecule has 2 aromatic heterocycles. The van der Waals surface area contributed by atoms with Crippen LogP contribution in [-0.4, -0.2) is 27.7 Å². The number of hydrogen-bond donors (Lipinski definition) is 0. The predicted octanol–water partition coefficient (Wildman–Crippen LogP) is 3.71. The first-order valence-corrected chi connectivity index (χ1v) is 8.47. The number of imidazole rings is 1. The van der Waals surface area contributed by atoms with Crippen LogP contribution in [0.4, 0.5) is 0 Å². The molecule has 6 heteroatoms. The van der Waals surface area contributed by atoms with Crippen molar-refractivity contribution in [3.63, 3.8) is 0 Å². The van der Waals surface area contributed by atoms with E-state index in [2.05, 4.69) is 11.1 Å². The third kappa shape index (κ3) is 2.83. The fraction of sp³-hybridized carbons (Fsp3) is 0.278. The second-order valence-corrected chi connectivity index (χ2v) is 7.08. The molecule has 0 fully saturated rings. The molecule has 3 rings (SSSR count). The van der Waals surface area contributed by atoms with Gasteiger partial charge in [0.05, 0.1) is 35.2 Å². The van der Waals surface area contributed by atoms with Crippen LogP contribution in [0.3, 0.4) is 0 Å². The van der Waals surface area contributed by atoms with E-state index in [1.54, 1.807) is 11.8 Å². The Balaban J connectivity index is 2.17. The minimum Gasteiger partial charge on any atom is -0.469 e. The Bertz CT molecular complexity index is 972. The van der Waals surface area contributed by atoms with Crippen LogP contribution < -0.4 is 0 Å². The molecule has 122 valence electrons. The number of nitriles is 1. The number of rotatable bonds is 4. The fourth-order valence-corrected chi connectivity index (χ4v) is 3.87. The van der Waals surface area contributed by atoms with Gasteiger partial charge >= 0.3 is 5.97 Å². The first-order chi connectivity index (χ1) is 11.5. The van der Waals surface area contributed by atoms with Crippen molar-refractivity contribution in [3.8, 4) is 6.07 Å². The number of hydrogen-bond acceptors (Lipinski definition) is 5. The largest absolute Gasteiger partial charge is 0.469 e. The molecule has 0 amide bonds. The summed E-state index contributed by atoms with van der Waals surface area (Å²) >= 11 is 1.58. The van der Waals surface area contributed by atoms with Gasteiger partial charge in [-0.2, -0.15) is 5.26 Å². The average molecular weight is 339 g/mol. The molecule has 0 radical (unpaired) electrons. The van der Waals surface area contributed by atoms with Crippen molar-refractivity contribution < 1.29 is 9.53 Å². The highest BCUT2D eigenvalue weighted by atomic mass is 32.2. The molecule has 0 spiro atoms. The number of fused-ring (bicyclic) bond motifs is 3. The predicted molar refractivity (Wildman–Crippen MR) is 94.1 cm³/mol. The molecule has 0 aliphatic carbocycles. The lowest BCUT2D eigenvalue weighted by atomic mass is 10.2. The Morgan fingerprint density at radius 2 is 2.21 bits per heavy atom. The van der Waals surface area contributed by atoms with E-state index < -0.39 is 0 Å². The number of ether oxygens (including phenoxy) is 1. The molecule has 0 N–H and O–H groups in total. The summed E-state index contributed by atoms with van der Waals surface area (Å²) in [6, 6.07) is 12.0. The van der Waals surface area contributed by atoms with Gasteiger partial charge in [-0.1, -0.05) is 19.1 Å². The zero-order valence-electron chi connectivity index (χ0n) is 13.7. The highest BCUT2D eigenvalue weighted by Crippen LogP contribution is 2.32. The molecule has 3 aromatic rings. The van der Waals surface area contributed by atoms with E-state index in [1.165, 1.54) is 7.11 Å². The molecule has 1 aromatic carbocycles. The van der Waals surface area contributed by atoms with Crippen molar-refractivity contribution in [1.82, 2.24) is 9.38 Å². The second-order valence-electron chi connectivity index (χ2n) is 5.62. The topological polar surface area (TPSA) is 67.4 Å². The van der Waals surface area contributed by atoms with Crippen molar-refractivity contribution in [3.05, 3.63) is 41.5 Å². The van der Waals surface area contributed by atoms with E-state index in [9.17, 15) is 10.1 Å². The second kappa shape index (κ2) is 6.54. The number of carbonyl (C=O) groups is 1. The van der Waals surface area contributed by atoms with E-state index in [4.69, 9.17) is 4.74 Å². The summed E-state index contributed by atoms with van der Waals surface area (Å²) in [7, 11) is 1.40. The lowest BCUT2D eigenvalue weighted by Gasteiger charge is -2.13. The molecular formula is C18H17N3O2S. The molecular weight excluding hydrogens is 322 g/mol. The van der Waals surface area contributed by atoms with Crippen LogP contribution in [0, 0.1) is 18.3 Å². The molecule has 24 heavy (non-hydrogen) atoms. The monoisotopic (exact) mass is 339 g/mol. The quantitative estimate of drug-likeness (QED) is 0.535. The van der Waals surface area contributed by atoms with Crippen molar-refractivity contribution in [1.29, 1.82) is 5.26 Å². The summed E-state index contributed by atoms with van der Waals surface area (Å²) < 4.78 is 6.75. The first kappa shape index (κ1) is 16.3. The summed E-state index contributed by atoms with van der Waals surface area (Å²) in [5.41, 5.74) is 3.93. The number of aromatic nitrogens is 2. The normalized spacial score (nSPS) is 12.2. The fourth-order valence-electron chi connectivity index (χ4n) is 2.71. The molecule has 1 atom stereocenters. The maximum absolute atomic E-state index is 11.5. The van der Waals surface area contributed by atoms with Crippen LogP contribution in [0.15, 0.2) is 35.4 Å². The highest BCUT2D eigenvalue weighted by Gasteiger charge is 2.18. The Morgan fingerprint density at radius 1 is 1.46 bits per heavy atom.